The molecule has 1 aromatic heterocycles. The molecule has 0 aliphatic carbocycles. The highest BCUT2D eigenvalue weighted by atomic mass is 16.5. The monoisotopic (exact) mass is 236 g/mol. The number of hydrogen-bond acceptors (Lipinski definition) is 4. The number of carbonyl (C=O) groups excluding carboxylic acids is 1. The van der Waals surface area contributed by atoms with Crippen molar-refractivity contribution in [3.05, 3.63) is 17.0 Å². The quantitative estimate of drug-likeness (QED) is 0.806. The number of ketones is 1. The van der Waals surface area contributed by atoms with Gasteiger partial charge in [-0.05, 0) is 20.3 Å². The number of piperidine rings is 1. The number of rotatable bonds is 3. The van der Waals surface area contributed by atoms with E-state index in [9.17, 15) is 4.79 Å². The molecule has 2 rings (SSSR count). The molecule has 0 aromatic carbocycles. The van der Waals surface area contributed by atoms with Crippen molar-refractivity contribution < 1.29 is 9.32 Å². The van der Waals surface area contributed by atoms with E-state index in [4.69, 9.17) is 4.52 Å². The highest BCUT2D eigenvalue weighted by Gasteiger charge is 2.26. The van der Waals surface area contributed by atoms with Gasteiger partial charge < -0.3 is 4.52 Å². The van der Waals surface area contributed by atoms with Crippen LogP contribution in [0, 0.1) is 19.8 Å². The lowest BCUT2D eigenvalue weighted by Gasteiger charge is -2.31. The molecule has 2 heterocycles. The van der Waals surface area contributed by atoms with Gasteiger partial charge in [-0.25, -0.2) is 0 Å². The third kappa shape index (κ3) is 2.57. The van der Waals surface area contributed by atoms with Crippen molar-refractivity contribution in [3.8, 4) is 0 Å². The zero-order chi connectivity index (χ0) is 12.4. The molecule has 0 radical (unpaired) electrons. The molecule has 1 aliphatic rings. The number of likely N-dealkylation sites (tertiary alicyclic amines) is 1. The van der Waals surface area contributed by atoms with Crippen LogP contribution in [0.2, 0.25) is 0 Å². The molecule has 0 saturated carbocycles. The molecule has 0 amide bonds. The Kier molecular flexibility index (Phi) is 3.62. The minimum atomic E-state index is 0.212. The molecular formula is C13H20N2O2. The van der Waals surface area contributed by atoms with Crippen molar-refractivity contribution >= 4 is 5.78 Å². The van der Waals surface area contributed by atoms with E-state index in [-0.39, 0.29) is 5.92 Å². The average molecular weight is 236 g/mol. The minimum Gasteiger partial charge on any atom is -0.361 e. The minimum absolute atomic E-state index is 0.212. The molecule has 4 nitrogen and oxygen atoms in total. The van der Waals surface area contributed by atoms with E-state index >= 15 is 0 Å². The Morgan fingerprint density at radius 2 is 2.24 bits per heavy atom. The maximum atomic E-state index is 11.6. The van der Waals surface area contributed by atoms with Crippen molar-refractivity contribution in [2.75, 3.05) is 13.1 Å². The molecule has 1 atom stereocenters. The Morgan fingerprint density at radius 1 is 1.47 bits per heavy atom. The van der Waals surface area contributed by atoms with Crippen molar-refractivity contribution in [1.29, 1.82) is 0 Å². The standard InChI is InChI=1S/C13H20N2O2/c1-4-11-7-15(6-5-13(11)16)8-12-9(2)14-17-10(12)3/h11H,4-8H2,1-3H3. The van der Waals surface area contributed by atoms with Crippen LogP contribution in [-0.2, 0) is 11.3 Å². The van der Waals surface area contributed by atoms with Gasteiger partial charge in [0.1, 0.15) is 11.5 Å². The predicted octanol–water partition coefficient (Wildman–Crippen LogP) is 2.09. The van der Waals surface area contributed by atoms with Crippen LogP contribution in [0.25, 0.3) is 0 Å². The smallest absolute Gasteiger partial charge is 0.138 e. The van der Waals surface area contributed by atoms with Gasteiger partial charge in [0.05, 0.1) is 5.69 Å². The topological polar surface area (TPSA) is 46.3 Å². The largest absolute Gasteiger partial charge is 0.361 e. The Bertz CT molecular complexity index is 392. The van der Waals surface area contributed by atoms with Crippen LogP contribution in [0.1, 0.15) is 36.8 Å². The number of Topliss-reactive ketones (excluding diaryl/α,β-unsaturated/α-hetero) is 1. The van der Waals surface area contributed by atoms with Gasteiger partial charge in [-0.1, -0.05) is 12.1 Å². The van der Waals surface area contributed by atoms with Crippen LogP contribution in [-0.4, -0.2) is 28.9 Å². The van der Waals surface area contributed by atoms with E-state index in [1.165, 1.54) is 5.56 Å². The zero-order valence-electron chi connectivity index (χ0n) is 10.8. The lowest BCUT2D eigenvalue weighted by Crippen LogP contribution is -2.40. The van der Waals surface area contributed by atoms with Crippen LogP contribution in [0.4, 0.5) is 0 Å². The molecule has 4 heteroatoms. The molecular weight excluding hydrogens is 216 g/mol. The summed E-state index contributed by atoms with van der Waals surface area (Å²) >= 11 is 0. The van der Waals surface area contributed by atoms with Crippen molar-refractivity contribution in [3.63, 3.8) is 0 Å². The van der Waals surface area contributed by atoms with Crippen LogP contribution >= 0.6 is 0 Å². The first-order valence-electron chi connectivity index (χ1n) is 6.28. The summed E-state index contributed by atoms with van der Waals surface area (Å²) in [5, 5.41) is 3.97. The first-order chi connectivity index (χ1) is 8.11. The summed E-state index contributed by atoms with van der Waals surface area (Å²) in [6, 6.07) is 0. The summed E-state index contributed by atoms with van der Waals surface area (Å²) < 4.78 is 5.17. The lowest BCUT2D eigenvalue weighted by atomic mass is 9.94. The third-order valence-electron chi connectivity index (χ3n) is 3.66. The summed E-state index contributed by atoms with van der Waals surface area (Å²) in [5.41, 5.74) is 2.14. The SMILES string of the molecule is CCC1CN(Cc2c(C)noc2C)CCC1=O. The molecule has 17 heavy (non-hydrogen) atoms. The highest BCUT2D eigenvalue weighted by Crippen LogP contribution is 2.21. The van der Waals surface area contributed by atoms with Gasteiger partial charge in [0.25, 0.3) is 0 Å². The maximum Gasteiger partial charge on any atom is 0.138 e. The second-order valence-electron chi connectivity index (χ2n) is 4.86. The van der Waals surface area contributed by atoms with Crippen LogP contribution in [0.15, 0.2) is 4.52 Å². The summed E-state index contributed by atoms with van der Waals surface area (Å²) in [5.74, 6) is 1.53. The molecule has 0 N–H and O–H groups in total. The lowest BCUT2D eigenvalue weighted by molar-refractivity contribution is -0.126. The average Bonchev–Trinajstić information content (AvgIpc) is 2.63. The zero-order valence-corrected chi connectivity index (χ0v) is 10.8. The molecule has 1 unspecified atom stereocenters. The number of nitrogens with zero attached hydrogens (tertiary/aromatic N) is 2. The molecule has 1 aromatic rings. The fourth-order valence-corrected chi connectivity index (χ4v) is 2.43. The van der Waals surface area contributed by atoms with E-state index in [0.29, 0.717) is 12.2 Å². The van der Waals surface area contributed by atoms with E-state index in [1.54, 1.807) is 0 Å². The van der Waals surface area contributed by atoms with Gasteiger partial charge in [-0.15, -0.1) is 0 Å². The van der Waals surface area contributed by atoms with E-state index in [1.807, 2.05) is 13.8 Å². The normalized spacial score (nSPS) is 22.1. The van der Waals surface area contributed by atoms with Gasteiger partial charge in [0.2, 0.25) is 0 Å². The van der Waals surface area contributed by atoms with Gasteiger partial charge >= 0.3 is 0 Å². The van der Waals surface area contributed by atoms with Crippen LogP contribution < -0.4 is 0 Å². The maximum absolute atomic E-state index is 11.6. The fourth-order valence-electron chi connectivity index (χ4n) is 2.43. The van der Waals surface area contributed by atoms with Crippen LogP contribution in [0.3, 0.4) is 0 Å². The van der Waals surface area contributed by atoms with Gasteiger partial charge in [-0.2, -0.15) is 0 Å². The third-order valence-corrected chi connectivity index (χ3v) is 3.66. The second kappa shape index (κ2) is 5.00. The van der Waals surface area contributed by atoms with Gasteiger partial charge in [0.15, 0.2) is 0 Å². The first kappa shape index (κ1) is 12.3. The van der Waals surface area contributed by atoms with Crippen molar-refractivity contribution in [2.24, 2.45) is 5.92 Å². The van der Waals surface area contributed by atoms with Crippen LogP contribution in [0.5, 0.6) is 0 Å². The number of aromatic nitrogens is 1. The first-order valence-corrected chi connectivity index (χ1v) is 6.28. The van der Waals surface area contributed by atoms with E-state index in [2.05, 4.69) is 17.0 Å². The molecule has 0 bridgehead atoms. The molecule has 1 aliphatic heterocycles. The number of hydrogen-bond donors (Lipinski definition) is 0. The molecule has 1 fully saturated rings. The number of carbonyl (C=O) groups is 1. The Labute approximate surface area is 102 Å². The summed E-state index contributed by atoms with van der Waals surface area (Å²) in [7, 11) is 0. The Balaban J connectivity index is 2.03. The van der Waals surface area contributed by atoms with E-state index in [0.717, 1.165) is 37.5 Å². The van der Waals surface area contributed by atoms with Gasteiger partial charge in [0, 0.05) is 37.5 Å². The second-order valence-corrected chi connectivity index (χ2v) is 4.86. The highest BCUT2D eigenvalue weighted by molar-refractivity contribution is 5.82. The summed E-state index contributed by atoms with van der Waals surface area (Å²) in [4.78, 5) is 14.0. The van der Waals surface area contributed by atoms with Crippen molar-refractivity contribution in [2.45, 2.75) is 40.2 Å². The van der Waals surface area contributed by atoms with E-state index < -0.39 is 0 Å². The molecule has 94 valence electrons. The van der Waals surface area contributed by atoms with Gasteiger partial charge in [-0.3, -0.25) is 9.69 Å². The fraction of sp³-hybridized carbons (Fsp3) is 0.692. The van der Waals surface area contributed by atoms with Crippen molar-refractivity contribution in [1.82, 2.24) is 10.1 Å². The molecule has 0 spiro atoms. The molecule has 1 saturated heterocycles. The Hall–Kier alpha value is -1.16. The Morgan fingerprint density at radius 3 is 2.82 bits per heavy atom. The predicted molar refractivity (Wildman–Crippen MR) is 64.7 cm³/mol. The number of aryl methyl sites for hydroxylation is 2. The summed E-state index contributed by atoms with van der Waals surface area (Å²) in [6.45, 7) is 8.59. The summed E-state index contributed by atoms with van der Waals surface area (Å²) in [6.07, 6.45) is 1.62.